The fraction of sp³-hybridized carbons (Fsp3) is 0.615. The Morgan fingerprint density at radius 3 is 2.32 bits per heavy atom. The fourth-order valence-electron chi connectivity index (χ4n) is 6.05. The quantitative estimate of drug-likeness (QED) is 0.0389. The number of hydrogen-bond donors (Lipinski definition) is 6. The zero-order chi connectivity index (χ0) is 38.0. The van der Waals surface area contributed by atoms with Gasteiger partial charge in [0.25, 0.3) is 5.56 Å². The molecule has 53 heavy (non-hydrogen) atoms. The van der Waals surface area contributed by atoms with Crippen molar-refractivity contribution < 1.29 is 61.1 Å². The first-order chi connectivity index (χ1) is 25.4. The SMILES string of the molecule is COCCOC1(n2cnc3c(=O)[nH]c(N)nc32)CO[C@H](CO[PH](=O)S)C1OP(=O)(O)OC[C@H]1OC[C@@](OCCOC)(n2cnc3c(N)ncnc32)[C@H]1O. The summed E-state index contributed by atoms with van der Waals surface area (Å²) < 4.78 is 79.1. The molecule has 0 spiro atoms. The van der Waals surface area contributed by atoms with Crippen molar-refractivity contribution in [2.45, 2.75) is 35.9 Å². The molecule has 27 heteroatoms. The molecule has 8 atom stereocenters. The van der Waals surface area contributed by atoms with Gasteiger partial charge in [-0.05, 0) is 0 Å². The van der Waals surface area contributed by atoms with Crippen LogP contribution in [0.15, 0.2) is 23.8 Å². The molecule has 0 amide bonds. The van der Waals surface area contributed by atoms with Crippen LogP contribution in [0.3, 0.4) is 0 Å². The van der Waals surface area contributed by atoms with Crippen LogP contribution in [-0.2, 0) is 62.6 Å². The lowest BCUT2D eigenvalue weighted by Gasteiger charge is -2.36. The number of phosphoric ester groups is 1. The van der Waals surface area contributed by atoms with E-state index >= 15 is 0 Å². The van der Waals surface area contributed by atoms with Gasteiger partial charge in [-0.3, -0.25) is 32.5 Å². The number of nitrogen functional groups attached to an aromatic ring is 2. The lowest BCUT2D eigenvalue weighted by Crippen LogP contribution is -2.51. The number of ether oxygens (including phenoxy) is 6. The number of aromatic amines is 1. The maximum atomic E-state index is 13.8. The monoisotopic (exact) mass is 808 g/mol. The maximum absolute atomic E-state index is 13.8. The molecule has 24 nitrogen and oxygen atoms in total. The Bertz CT molecular complexity index is 2040. The number of nitrogens with one attached hydrogen (secondary N) is 1. The van der Waals surface area contributed by atoms with E-state index in [9.17, 15) is 23.9 Å². The number of fused-ring (bicyclic) bond motifs is 2. The Kier molecular flexibility index (Phi) is 12.2. The summed E-state index contributed by atoms with van der Waals surface area (Å²) in [6, 6.07) is 0. The number of aromatic nitrogens is 8. The molecule has 0 aliphatic carbocycles. The number of methoxy groups -OCH3 is 2. The van der Waals surface area contributed by atoms with Gasteiger partial charge in [0.2, 0.25) is 18.9 Å². The van der Waals surface area contributed by atoms with Crippen molar-refractivity contribution in [3.05, 3.63) is 29.3 Å². The number of H-pyrrole nitrogens is 1. The van der Waals surface area contributed by atoms with Gasteiger partial charge >= 0.3 is 7.82 Å². The summed E-state index contributed by atoms with van der Waals surface area (Å²) >= 11 is 3.81. The highest BCUT2D eigenvalue weighted by atomic mass is 32.7. The third-order valence-electron chi connectivity index (χ3n) is 8.51. The second-order valence-corrected chi connectivity index (χ2v) is 15.0. The molecule has 0 aromatic carbocycles. The number of imidazole rings is 2. The molecule has 4 aromatic heterocycles. The molecule has 2 aliphatic heterocycles. The summed E-state index contributed by atoms with van der Waals surface area (Å²) in [5.74, 6) is -0.166. The van der Waals surface area contributed by atoms with E-state index in [0.29, 0.717) is 0 Å². The average Bonchev–Trinajstić information content (AvgIpc) is 3.89. The van der Waals surface area contributed by atoms with E-state index < -0.39 is 69.7 Å². The van der Waals surface area contributed by atoms with Crippen LogP contribution in [0.2, 0.25) is 0 Å². The Hall–Kier alpha value is -3.13. The number of thiol groups is 1. The third-order valence-corrected chi connectivity index (χ3v) is 10.3. The second kappa shape index (κ2) is 16.3. The predicted molar refractivity (Wildman–Crippen MR) is 184 cm³/mol. The molecular formula is C26H38N10O14P2S. The first kappa shape index (κ1) is 39.6. The highest BCUT2D eigenvalue weighted by molar-refractivity contribution is 8.39. The van der Waals surface area contributed by atoms with Crippen LogP contribution < -0.4 is 17.0 Å². The van der Waals surface area contributed by atoms with Gasteiger partial charge < -0.3 is 54.4 Å². The van der Waals surface area contributed by atoms with Gasteiger partial charge in [0, 0.05) is 14.2 Å². The van der Waals surface area contributed by atoms with Crippen LogP contribution in [0.25, 0.3) is 22.3 Å². The first-order valence-electron chi connectivity index (χ1n) is 15.7. The topological polar surface area (TPSA) is 317 Å². The molecule has 4 unspecified atom stereocenters. The Morgan fingerprint density at radius 1 is 0.981 bits per heavy atom. The van der Waals surface area contributed by atoms with Gasteiger partial charge in [-0.25, -0.2) is 24.5 Å². The van der Waals surface area contributed by atoms with Gasteiger partial charge in [0.05, 0.1) is 65.5 Å². The third kappa shape index (κ3) is 7.86. The van der Waals surface area contributed by atoms with E-state index in [-0.39, 0.29) is 73.7 Å². The van der Waals surface area contributed by atoms with Crippen LogP contribution >= 0.6 is 27.3 Å². The van der Waals surface area contributed by atoms with Crippen molar-refractivity contribution in [1.82, 2.24) is 39.0 Å². The van der Waals surface area contributed by atoms with E-state index in [1.165, 1.54) is 42.3 Å². The smallest absolute Gasteiger partial charge is 0.385 e. The van der Waals surface area contributed by atoms with E-state index in [1.807, 2.05) is 0 Å². The van der Waals surface area contributed by atoms with Crippen LogP contribution in [0.4, 0.5) is 11.8 Å². The predicted octanol–water partition coefficient (Wildman–Crippen LogP) is -1.25. The lowest BCUT2D eigenvalue weighted by atomic mass is 10.1. The number of rotatable bonds is 18. The lowest BCUT2D eigenvalue weighted by molar-refractivity contribution is -0.166. The zero-order valence-electron chi connectivity index (χ0n) is 28.2. The van der Waals surface area contributed by atoms with Gasteiger partial charge in [0.15, 0.2) is 28.4 Å². The van der Waals surface area contributed by atoms with Gasteiger partial charge in [-0.2, -0.15) is 4.98 Å². The minimum absolute atomic E-state index is 0.00343. The molecule has 292 valence electrons. The van der Waals surface area contributed by atoms with Crippen molar-refractivity contribution in [2.24, 2.45) is 0 Å². The molecule has 2 fully saturated rings. The molecule has 0 radical (unpaired) electrons. The summed E-state index contributed by atoms with van der Waals surface area (Å²) in [7, 11) is -5.09. The summed E-state index contributed by atoms with van der Waals surface area (Å²) in [4.78, 5) is 46.9. The van der Waals surface area contributed by atoms with Crippen molar-refractivity contribution in [2.75, 3.05) is 78.5 Å². The largest absolute Gasteiger partial charge is 0.472 e. The first-order valence-corrected chi connectivity index (χ1v) is 19.8. The molecule has 2 aliphatic rings. The summed E-state index contributed by atoms with van der Waals surface area (Å²) in [5, 5.41) is 11.7. The summed E-state index contributed by atoms with van der Waals surface area (Å²) in [6.45, 7) is -1.75. The van der Waals surface area contributed by atoms with E-state index in [2.05, 4.69) is 42.2 Å². The highest BCUT2D eigenvalue weighted by Crippen LogP contribution is 2.52. The zero-order valence-corrected chi connectivity index (χ0v) is 31.0. The normalized spacial score (nSPS) is 27.9. The Balaban J connectivity index is 1.29. The van der Waals surface area contributed by atoms with Gasteiger partial charge in [-0.15, -0.1) is 0 Å². The van der Waals surface area contributed by atoms with E-state index in [0.717, 1.165) is 0 Å². The van der Waals surface area contributed by atoms with E-state index in [1.54, 1.807) is 0 Å². The maximum Gasteiger partial charge on any atom is 0.472 e. The number of nitrogens with zero attached hydrogens (tertiary/aromatic N) is 7. The average molecular weight is 809 g/mol. The standard InChI is InChI=1S/C26H38N10O14P2S/c1-42-3-5-46-25(35-12-31-16-20(27)29-11-30-21(16)35)9-44-14(18(25)37)8-49-52(40,41)50-19-15(7-48-51(39)53)45-10-26(19,47-6-4-43-2)36-13-32-17-22(36)33-24(28)34-23(17)38/h11-15,18-19,37,51H,3-10H2,1-2H3,(H,39,53)(H,40,41)(H2,27,29,30)(H3,28,33,34,38)/t14-,15-,18+,19?,25+,26?/m1/s1. The Labute approximate surface area is 305 Å². The van der Waals surface area contributed by atoms with Crippen LogP contribution in [0.5, 0.6) is 0 Å². The summed E-state index contributed by atoms with van der Waals surface area (Å²) in [5.41, 5.74) is 7.84. The molecule has 2 saturated heterocycles. The van der Waals surface area contributed by atoms with Crippen LogP contribution in [0, 0.1) is 0 Å². The number of phosphoric acid groups is 1. The van der Waals surface area contributed by atoms with Crippen molar-refractivity contribution in [3.63, 3.8) is 0 Å². The molecule has 6 heterocycles. The molecule has 6 rings (SSSR count). The van der Waals surface area contributed by atoms with Crippen LogP contribution in [0.1, 0.15) is 0 Å². The number of hydrogen-bond acceptors (Lipinski definition) is 20. The minimum Gasteiger partial charge on any atom is -0.385 e. The van der Waals surface area contributed by atoms with Crippen molar-refractivity contribution in [3.8, 4) is 0 Å². The van der Waals surface area contributed by atoms with Gasteiger partial charge in [-0.1, -0.05) is 12.2 Å². The minimum atomic E-state index is -5.17. The molecule has 4 aromatic rings. The number of aliphatic hydroxyl groups is 1. The van der Waals surface area contributed by atoms with Crippen molar-refractivity contribution in [1.29, 1.82) is 0 Å². The molecule has 7 N–H and O–H groups in total. The van der Waals surface area contributed by atoms with Crippen molar-refractivity contribution >= 4 is 61.4 Å². The van der Waals surface area contributed by atoms with Gasteiger partial charge in [0.1, 0.15) is 36.3 Å². The molecular weight excluding hydrogens is 770 g/mol. The second-order valence-electron chi connectivity index (χ2n) is 11.7. The van der Waals surface area contributed by atoms with Crippen LogP contribution in [-0.4, -0.2) is 141 Å². The number of nitrogens with two attached hydrogens (primary N) is 2. The number of aliphatic hydroxyl groups excluding tert-OH is 1. The van der Waals surface area contributed by atoms with E-state index in [4.69, 9.17) is 53.5 Å². The summed E-state index contributed by atoms with van der Waals surface area (Å²) in [6.07, 6.45) is -1.89. The molecule has 0 bridgehead atoms. The Morgan fingerprint density at radius 2 is 1.62 bits per heavy atom. The molecule has 0 saturated carbocycles. The fourth-order valence-corrected chi connectivity index (χ4v) is 7.56. The highest BCUT2D eigenvalue weighted by Gasteiger charge is 2.58. The number of anilines is 2.